The zero-order valence-corrected chi connectivity index (χ0v) is 7.13. The van der Waals surface area contributed by atoms with Crippen molar-refractivity contribution < 1.29 is 9.90 Å². The third kappa shape index (κ3) is 1.53. The zero-order valence-electron chi connectivity index (χ0n) is 7.13. The summed E-state index contributed by atoms with van der Waals surface area (Å²) in [6.45, 7) is 0. The van der Waals surface area contributed by atoms with E-state index < -0.39 is 5.97 Å². The Hall–Kier alpha value is -0.570. The fourth-order valence-corrected chi connectivity index (χ4v) is 1.65. The first kappa shape index (κ1) is 8.53. The molecule has 0 unspecified atom stereocenters. The molecule has 1 saturated carbocycles. The number of rotatable bonds is 3. The summed E-state index contributed by atoms with van der Waals surface area (Å²) in [5.74, 6) is -0.682. The Balaban J connectivity index is 2.53. The van der Waals surface area contributed by atoms with Gasteiger partial charge in [-0.3, -0.25) is 4.79 Å². The van der Waals surface area contributed by atoms with Crippen molar-refractivity contribution in [2.75, 3.05) is 14.1 Å². The SMILES string of the molecule is CN(C)C1(CC(=O)O)CCC1. The molecule has 0 saturated heterocycles. The second-order valence-corrected chi connectivity index (χ2v) is 3.54. The smallest absolute Gasteiger partial charge is 0.305 e. The van der Waals surface area contributed by atoms with Gasteiger partial charge in [-0.1, -0.05) is 0 Å². The summed E-state index contributed by atoms with van der Waals surface area (Å²) in [6, 6.07) is 0. The van der Waals surface area contributed by atoms with Crippen LogP contribution >= 0.6 is 0 Å². The molecule has 0 amide bonds. The first-order valence-electron chi connectivity index (χ1n) is 3.96. The lowest BCUT2D eigenvalue weighted by Gasteiger charge is -2.46. The van der Waals surface area contributed by atoms with Gasteiger partial charge in [0.1, 0.15) is 0 Å². The maximum Gasteiger partial charge on any atom is 0.305 e. The highest BCUT2D eigenvalue weighted by molar-refractivity contribution is 5.68. The quantitative estimate of drug-likeness (QED) is 0.663. The van der Waals surface area contributed by atoms with Crippen LogP contribution in [0.15, 0.2) is 0 Å². The summed E-state index contributed by atoms with van der Waals surface area (Å²) in [4.78, 5) is 12.5. The number of carbonyl (C=O) groups is 1. The van der Waals surface area contributed by atoms with Crippen LogP contribution in [0.5, 0.6) is 0 Å². The number of nitrogens with zero attached hydrogens (tertiary/aromatic N) is 1. The van der Waals surface area contributed by atoms with Gasteiger partial charge < -0.3 is 10.0 Å². The van der Waals surface area contributed by atoms with Crippen LogP contribution in [0, 0.1) is 0 Å². The van der Waals surface area contributed by atoms with Gasteiger partial charge in [0.15, 0.2) is 0 Å². The van der Waals surface area contributed by atoms with Crippen LogP contribution < -0.4 is 0 Å². The van der Waals surface area contributed by atoms with Crippen LogP contribution in [-0.2, 0) is 4.79 Å². The van der Waals surface area contributed by atoms with Gasteiger partial charge in [0.25, 0.3) is 0 Å². The summed E-state index contributed by atoms with van der Waals surface area (Å²) in [5.41, 5.74) is -0.0220. The minimum Gasteiger partial charge on any atom is -0.481 e. The van der Waals surface area contributed by atoms with E-state index in [4.69, 9.17) is 5.11 Å². The van der Waals surface area contributed by atoms with Crippen molar-refractivity contribution in [3.8, 4) is 0 Å². The largest absolute Gasteiger partial charge is 0.481 e. The van der Waals surface area contributed by atoms with Gasteiger partial charge >= 0.3 is 5.97 Å². The molecule has 0 radical (unpaired) electrons. The van der Waals surface area contributed by atoms with Crippen LogP contribution in [0.3, 0.4) is 0 Å². The van der Waals surface area contributed by atoms with E-state index >= 15 is 0 Å². The fraction of sp³-hybridized carbons (Fsp3) is 0.875. The van der Waals surface area contributed by atoms with Crippen LogP contribution in [0.4, 0.5) is 0 Å². The van der Waals surface area contributed by atoms with E-state index in [1.807, 2.05) is 19.0 Å². The van der Waals surface area contributed by atoms with E-state index in [1.54, 1.807) is 0 Å². The van der Waals surface area contributed by atoms with Gasteiger partial charge in [-0.25, -0.2) is 0 Å². The van der Waals surface area contributed by atoms with Gasteiger partial charge in [0.05, 0.1) is 6.42 Å². The molecule has 0 heterocycles. The van der Waals surface area contributed by atoms with Gasteiger partial charge in [-0.15, -0.1) is 0 Å². The highest BCUT2D eigenvalue weighted by atomic mass is 16.4. The first-order chi connectivity index (χ1) is 5.07. The van der Waals surface area contributed by atoms with Crippen molar-refractivity contribution in [3.63, 3.8) is 0 Å². The van der Waals surface area contributed by atoms with Crippen molar-refractivity contribution in [1.82, 2.24) is 4.90 Å². The number of carboxylic acids is 1. The number of aliphatic carboxylic acids is 1. The van der Waals surface area contributed by atoms with Crippen molar-refractivity contribution in [1.29, 1.82) is 0 Å². The molecule has 0 atom stereocenters. The number of carboxylic acid groups (broad SMARTS) is 1. The van der Waals surface area contributed by atoms with E-state index in [2.05, 4.69) is 0 Å². The minimum absolute atomic E-state index is 0.0220. The van der Waals surface area contributed by atoms with Crippen LogP contribution in [0.2, 0.25) is 0 Å². The average molecular weight is 157 g/mol. The normalized spacial score (nSPS) is 21.4. The molecule has 0 aromatic rings. The molecule has 64 valence electrons. The maximum atomic E-state index is 10.5. The van der Waals surface area contributed by atoms with Crippen molar-refractivity contribution in [3.05, 3.63) is 0 Å². The Morgan fingerprint density at radius 1 is 1.55 bits per heavy atom. The molecule has 0 aromatic heterocycles. The third-order valence-electron chi connectivity index (χ3n) is 2.71. The molecule has 1 aliphatic rings. The Morgan fingerprint density at radius 2 is 2.09 bits per heavy atom. The van der Waals surface area contributed by atoms with Crippen molar-refractivity contribution in [2.24, 2.45) is 0 Å². The lowest BCUT2D eigenvalue weighted by atomic mass is 9.73. The summed E-state index contributed by atoms with van der Waals surface area (Å²) in [6.07, 6.45) is 3.53. The van der Waals surface area contributed by atoms with Crippen LogP contribution in [0.25, 0.3) is 0 Å². The highest BCUT2D eigenvalue weighted by Crippen LogP contribution is 2.38. The Labute approximate surface area is 67.0 Å². The lowest BCUT2D eigenvalue weighted by molar-refractivity contribution is -0.141. The monoisotopic (exact) mass is 157 g/mol. The summed E-state index contributed by atoms with van der Waals surface area (Å²) < 4.78 is 0. The standard InChI is InChI=1S/C8H15NO2/c1-9(2)8(4-3-5-8)6-7(10)11/h3-6H2,1-2H3,(H,10,11). The topological polar surface area (TPSA) is 40.5 Å². The number of hydrogen-bond acceptors (Lipinski definition) is 2. The molecule has 0 aliphatic heterocycles. The second-order valence-electron chi connectivity index (χ2n) is 3.54. The molecule has 11 heavy (non-hydrogen) atoms. The number of hydrogen-bond donors (Lipinski definition) is 1. The van der Waals surface area contributed by atoms with E-state index in [-0.39, 0.29) is 5.54 Å². The Morgan fingerprint density at radius 3 is 2.18 bits per heavy atom. The molecule has 3 nitrogen and oxygen atoms in total. The minimum atomic E-state index is -0.682. The Kier molecular flexibility index (Phi) is 2.18. The average Bonchev–Trinajstić information content (AvgIpc) is 1.77. The summed E-state index contributed by atoms with van der Waals surface area (Å²) >= 11 is 0. The molecular formula is C8H15NO2. The highest BCUT2D eigenvalue weighted by Gasteiger charge is 2.40. The second kappa shape index (κ2) is 2.81. The summed E-state index contributed by atoms with van der Waals surface area (Å²) in [7, 11) is 3.92. The van der Waals surface area contributed by atoms with Gasteiger partial charge in [-0.05, 0) is 33.4 Å². The molecule has 3 heteroatoms. The molecule has 1 aliphatic carbocycles. The van der Waals surface area contributed by atoms with Gasteiger partial charge in [-0.2, -0.15) is 0 Å². The lowest BCUT2D eigenvalue weighted by Crippen LogP contribution is -2.51. The van der Waals surface area contributed by atoms with Crippen LogP contribution in [0.1, 0.15) is 25.7 Å². The maximum absolute atomic E-state index is 10.5. The molecule has 0 spiro atoms. The molecule has 1 rings (SSSR count). The molecule has 1 N–H and O–H groups in total. The first-order valence-corrected chi connectivity index (χ1v) is 3.96. The molecule has 1 fully saturated rings. The predicted molar refractivity (Wildman–Crippen MR) is 42.5 cm³/mol. The van der Waals surface area contributed by atoms with Gasteiger partial charge in [0, 0.05) is 5.54 Å². The fourth-order valence-electron chi connectivity index (χ4n) is 1.65. The third-order valence-corrected chi connectivity index (χ3v) is 2.71. The zero-order chi connectivity index (χ0) is 8.48. The van der Waals surface area contributed by atoms with E-state index in [9.17, 15) is 4.79 Å². The van der Waals surface area contributed by atoms with E-state index in [0.717, 1.165) is 12.8 Å². The van der Waals surface area contributed by atoms with Crippen molar-refractivity contribution in [2.45, 2.75) is 31.2 Å². The van der Waals surface area contributed by atoms with Gasteiger partial charge in [0.2, 0.25) is 0 Å². The predicted octanol–water partition coefficient (Wildman–Crippen LogP) is 0.945. The molecule has 0 aromatic carbocycles. The molecule has 0 bridgehead atoms. The van der Waals surface area contributed by atoms with Crippen molar-refractivity contribution >= 4 is 5.97 Å². The molecular weight excluding hydrogens is 142 g/mol. The van der Waals surface area contributed by atoms with E-state index in [0.29, 0.717) is 6.42 Å². The van der Waals surface area contributed by atoms with Crippen LogP contribution in [-0.4, -0.2) is 35.6 Å². The van der Waals surface area contributed by atoms with E-state index in [1.165, 1.54) is 6.42 Å². The Bertz CT molecular complexity index is 161. The summed E-state index contributed by atoms with van der Waals surface area (Å²) in [5, 5.41) is 8.64.